The molecule has 1 atom stereocenters. The van der Waals surface area contributed by atoms with Crippen LogP contribution in [0.1, 0.15) is 26.7 Å². The summed E-state index contributed by atoms with van der Waals surface area (Å²) in [6.45, 7) is 3.67. The average molecular weight is 187 g/mol. The predicted octanol–water partition coefficient (Wildman–Crippen LogP) is 1.49. The molecule has 0 aliphatic heterocycles. The Morgan fingerprint density at radius 1 is 1.58 bits per heavy atom. The van der Waals surface area contributed by atoms with Gasteiger partial charge in [-0.1, -0.05) is 13.8 Å². The van der Waals surface area contributed by atoms with Crippen LogP contribution in [0.5, 0.6) is 0 Å². The van der Waals surface area contributed by atoms with Gasteiger partial charge in [0.25, 0.3) is 0 Å². The van der Waals surface area contributed by atoms with Crippen molar-refractivity contribution < 1.29 is 9.53 Å². The summed E-state index contributed by atoms with van der Waals surface area (Å²) >= 11 is 0. The molecule has 0 bridgehead atoms. The Morgan fingerprint density at radius 3 is 2.33 bits per heavy atom. The molecular formula is C8H14NO2P. The number of ether oxygens (including phenoxy) is 1. The number of carbonyl (C=O) groups is 1. The van der Waals surface area contributed by atoms with Crippen molar-refractivity contribution in [2.45, 2.75) is 32.3 Å². The topological polar surface area (TPSA) is 50.1 Å². The molecule has 0 heterocycles. The molecule has 0 rings (SSSR count). The summed E-state index contributed by atoms with van der Waals surface area (Å²) in [5.74, 6) is -0.342. The molecule has 0 spiro atoms. The lowest BCUT2D eigenvalue weighted by atomic mass is 9.99. The van der Waals surface area contributed by atoms with Crippen molar-refractivity contribution in [1.29, 1.82) is 5.26 Å². The van der Waals surface area contributed by atoms with E-state index < -0.39 is 5.60 Å². The normalized spacial score (nSPS) is 10.5. The van der Waals surface area contributed by atoms with Gasteiger partial charge in [0, 0.05) is 0 Å². The van der Waals surface area contributed by atoms with Crippen LogP contribution in [0.15, 0.2) is 0 Å². The first-order valence-corrected chi connectivity index (χ1v) is 4.79. The molecule has 0 aromatic carbocycles. The third-order valence-electron chi connectivity index (χ3n) is 1.82. The van der Waals surface area contributed by atoms with Gasteiger partial charge in [0.05, 0.1) is 6.16 Å². The van der Waals surface area contributed by atoms with E-state index in [1.54, 1.807) is 0 Å². The number of nitrogens with zero attached hydrogens (tertiary/aromatic N) is 1. The van der Waals surface area contributed by atoms with Crippen LogP contribution in [-0.4, -0.2) is 17.7 Å². The van der Waals surface area contributed by atoms with Crippen molar-refractivity contribution >= 4 is 15.2 Å². The molecule has 0 saturated heterocycles. The van der Waals surface area contributed by atoms with Crippen LogP contribution in [0.2, 0.25) is 0 Å². The maximum atomic E-state index is 10.9. The summed E-state index contributed by atoms with van der Waals surface area (Å²) in [5.41, 5.74) is -0.909. The molecule has 0 radical (unpaired) electrons. The minimum absolute atomic E-state index is 0.240. The van der Waals surface area contributed by atoms with Crippen molar-refractivity contribution in [2.24, 2.45) is 0 Å². The van der Waals surface area contributed by atoms with E-state index in [1.807, 2.05) is 19.9 Å². The van der Waals surface area contributed by atoms with E-state index in [-0.39, 0.29) is 12.1 Å². The summed E-state index contributed by atoms with van der Waals surface area (Å²) in [4.78, 5) is 10.9. The molecule has 1 unspecified atom stereocenters. The lowest BCUT2D eigenvalue weighted by molar-refractivity contribution is -0.151. The van der Waals surface area contributed by atoms with Crippen LogP contribution in [0.25, 0.3) is 0 Å². The summed E-state index contributed by atoms with van der Waals surface area (Å²) < 4.78 is 5.01. The van der Waals surface area contributed by atoms with Gasteiger partial charge >= 0.3 is 5.97 Å². The van der Waals surface area contributed by atoms with Crippen LogP contribution >= 0.6 is 9.24 Å². The summed E-state index contributed by atoms with van der Waals surface area (Å²) in [6, 6.07) is 2.03. The maximum absolute atomic E-state index is 10.9. The Balaban J connectivity index is 4.33. The Morgan fingerprint density at radius 2 is 2.08 bits per heavy atom. The van der Waals surface area contributed by atoms with Crippen molar-refractivity contribution in [1.82, 2.24) is 0 Å². The van der Waals surface area contributed by atoms with E-state index in [4.69, 9.17) is 10.00 Å². The minimum atomic E-state index is -0.909. The van der Waals surface area contributed by atoms with E-state index >= 15 is 0 Å². The van der Waals surface area contributed by atoms with Gasteiger partial charge in [0.15, 0.2) is 5.60 Å². The zero-order valence-corrected chi connectivity index (χ0v) is 8.62. The average Bonchev–Trinajstić information content (AvgIpc) is 2.14. The Hall–Kier alpha value is -0.610. The van der Waals surface area contributed by atoms with Crippen LogP contribution in [0.4, 0.5) is 0 Å². The highest BCUT2D eigenvalue weighted by molar-refractivity contribution is 7.18. The third kappa shape index (κ3) is 2.79. The van der Waals surface area contributed by atoms with Crippen molar-refractivity contribution in [2.75, 3.05) is 6.16 Å². The largest absolute Gasteiger partial charge is 0.443 e. The molecule has 3 nitrogen and oxygen atoms in total. The van der Waals surface area contributed by atoms with Gasteiger partial charge in [-0.05, 0) is 12.8 Å². The Labute approximate surface area is 75.3 Å². The molecule has 0 aromatic rings. The van der Waals surface area contributed by atoms with E-state index in [2.05, 4.69) is 9.24 Å². The lowest BCUT2D eigenvalue weighted by Gasteiger charge is -2.23. The number of rotatable bonds is 4. The molecule has 4 heteroatoms. The van der Waals surface area contributed by atoms with Crippen LogP contribution in [0.3, 0.4) is 0 Å². The van der Waals surface area contributed by atoms with Crippen molar-refractivity contribution in [3.8, 4) is 6.07 Å². The molecule has 0 aliphatic rings. The molecule has 0 aliphatic carbocycles. The standard InChI is InChI=1S/C8H14NO2P/c1-3-8(4-2,6-9)11-7(10)5-12/h3-5,12H2,1-2H3. The van der Waals surface area contributed by atoms with Gasteiger partial charge < -0.3 is 4.74 Å². The predicted molar refractivity (Wildman–Crippen MR) is 49.6 cm³/mol. The van der Waals surface area contributed by atoms with Gasteiger partial charge in [-0.2, -0.15) is 5.26 Å². The fourth-order valence-electron chi connectivity index (χ4n) is 0.835. The zero-order valence-electron chi connectivity index (χ0n) is 7.46. The highest BCUT2D eigenvalue weighted by atomic mass is 31.0. The van der Waals surface area contributed by atoms with E-state index in [9.17, 15) is 4.79 Å². The molecule has 0 saturated carbocycles. The van der Waals surface area contributed by atoms with E-state index in [1.165, 1.54) is 0 Å². The SMILES string of the molecule is CCC(C#N)(CC)OC(=O)CP. The van der Waals surface area contributed by atoms with Crippen LogP contribution in [0, 0.1) is 11.3 Å². The number of esters is 1. The molecule has 0 N–H and O–H groups in total. The molecular weight excluding hydrogens is 173 g/mol. The second kappa shape index (κ2) is 5.11. The third-order valence-corrected chi connectivity index (χ3v) is 2.16. The smallest absolute Gasteiger partial charge is 0.311 e. The summed E-state index contributed by atoms with van der Waals surface area (Å²) in [5, 5.41) is 8.79. The molecule has 0 aromatic heterocycles. The lowest BCUT2D eigenvalue weighted by Crippen LogP contribution is -2.32. The van der Waals surface area contributed by atoms with Gasteiger partial charge in [0.2, 0.25) is 0 Å². The number of nitriles is 1. The number of hydrogen-bond donors (Lipinski definition) is 0. The monoisotopic (exact) mass is 187 g/mol. The van der Waals surface area contributed by atoms with Crippen LogP contribution in [-0.2, 0) is 9.53 Å². The maximum Gasteiger partial charge on any atom is 0.311 e. The van der Waals surface area contributed by atoms with Gasteiger partial charge in [0.1, 0.15) is 6.07 Å². The Bertz CT molecular complexity index is 194. The highest BCUT2D eigenvalue weighted by Gasteiger charge is 2.29. The first-order chi connectivity index (χ1) is 5.64. The van der Waals surface area contributed by atoms with E-state index in [0.29, 0.717) is 12.8 Å². The first kappa shape index (κ1) is 11.4. The second-order valence-corrected chi connectivity index (χ2v) is 2.90. The number of carbonyl (C=O) groups excluding carboxylic acids is 1. The highest BCUT2D eigenvalue weighted by Crippen LogP contribution is 2.19. The first-order valence-electron chi connectivity index (χ1n) is 3.97. The van der Waals surface area contributed by atoms with E-state index in [0.717, 1.165) is 0 Å². The molecule has 0 fully saturated rings. The fraction of sp³-hybridized carbons (Fsp3) is 0.750. The Kier molecular flexibility index (Phi) is 4.85. The fourth-order valence-corrected chi connectivity index (χ4v) is 0.918. The molecule has 68 valence electrons. The zero-order chi connectivity index (χ0) is 9.61. The minimum Gasteiger partial charge on any atom is -0.443 e. The molecule has 12 heavy (non-hydrogen) atoms. The van der Waals surface area contributed by atoms with Gasteiger partial charge in [-0.3, -0.25) is 4.79 Å². The summed E-state index contributed by atoms with van der Waals surface area (Å²) in [6.07, 6.45) is 1.32. The molecule has 0 amide bonds. The summed E-state index contributed by atoms with van der Waals surface area (Å²) in [7, 11) is 2.27. The quantitative estimate of drug-likeness (QED) is 0.494. The van der Waals surface area contributed by atoms with Crippen molar-refractivity contribution in [3.63, 3.8) is 0 Å². The van der Waals surface area contributed by atoms with Crippen LogP contribution < -0.4 is 0 Å². The second-order valence-electron chi connectivity index (χ2n) is 2.49. The number of hydrogen-bond acceptors (Lipinski definition) is 3. The van der Waals surface area contributed by atoms with Crippen molar-refractivity contribution in [3.05, 3.63) is 0 Å². The van der Waals surface area contributed by atoms with Gasteiger partial charge in [-0.15, -0.1) is 9.24 Å². The van der Waals surface area contributed by atoms with Gasteiger partial charge in [-0.25, -0.2) is 0 Å².